The number of nitrogens with one attached hydrogen (secondary N) is 1. The topological polar surface area (TPSA) is 158 Å². The number of hydrogen-bond donors (Lipinski definition) is 1. The van der Waals surface area contributed by atoms with Crippen molar-refractivity contribution in [1.29, 1.82) is 0 Å². The van der Waals surface area contributed by atoms with Gasteiger partial charge in [-0.3, -0.25) is 23.9 Å². The highest BCUT2D eigenvalue weighted by molar-refractivity contribution is 7.91. The van der Waals surface area contributed by atoms with E-state index in [0.717, 1.165) is 13.8 Å². The van der Waals surface area contributed by atoms with E-state index in [1.54, 1.807) is 32.0 Å². The lowest BCUT2D eigenvalue weighted by Gasteiger charge is -2.33. The lowest BCUT2D eigenvalue weighted by Crippen LogP contribution is -2.48. The maximum absolute atomic E-state index is 14.6. The number of carbonyl (C=O) groups is 4. The second kappa shape index (κ2) is 14.9. The number of nitrogens with zero attached hydrogens (tertiary/aromatic N) is 2. The monoisotopic (exact) mass is 769 g/mol. The molecule has 1 aromatic rings. The van der Waals surface area contributed by atoms with Crippen LogP contribution in [0, 0.1) is 29.1 Å². The van der Waals surface area contributed by atoms with E-state index < -0.39 is 91.8 Å². The van der Waals surface area contributed by atoms with Crippen molar-refractivity contribution in [1.82, 2.24) is 14.6 Å². The van der Waals surface area contributed by atoms with Crippen LogP contribution in [0.5, 0.6) is 11.8 Å². The maximum atomic E-state index is 14.6. The molecule has 4 aliphatic rings. The number of alkyl halides is 3. The molecule has 3 fully saturated rings. The van der Waals surface area contributed by atoms with E-state index in [1.807, 2.05) is 19.1 Å². The van der Waals surface area contributed by atoms with Crippen LogP contribution in [0.1, 0.15) is 92.4 Å². The number of ketones is 1. The van der Waals surface area contributed by atoms with Crippen LogP contribution in [-0.4, -0.2) is 84.2 Å². The van der Waals surface area contributed by atoms with Crippen LogP contribution in [0.15, 0.2) is 30.4 Å². The van der Waals surface area contributed by atoms with Crippen LogP contribution in [-0.2, 0) is 33.9 Å². The number of hydrogen-bond acceptors (Lipinski definition) is 10. The lowest BCUT2D eigenvalue weighted by atomic mass is 9.82. The molecule has 7 atom stereocenters. The van der Waals surface area contributed by atoms with Crippen LogP contribution >= 0.6 is 0 Å². The van der Waals surface area contributed by atoms with Crippen LogP contribution in [0.3, 0.4) is 0 Å². The third-order valence-electron chi connectivity index (χ3n) is 11.4. The zero-order valence-electron chi connectivity index (χ0n) is 31.0. The van der Waals surface area contributed by atoms with Gasteiger partial charge in [0.1, 0.15) is 6.10 Å². The summed E-state index contributed by atoms with van der Waals surface area (Å²) in [5, 5.41) is 0. The first kappa shape index (κ1) is 40.5. The second-order valence-corrected chi connectivity index (χ2v) is 18.3. The van der Waals surface area contributed by atoms with Gasteiger partial charge in [0.25, 0.3) is 0 Å². The first-order valence-corrected chi connectivity index (χ1v) is 19.6. The van der Waals surface area contributed by atoms with Gasteiger partial charge in [-0.05, 0) is 77.0 Å². The Hall–Kier alpha value is -3.69. The Bertz CT molecular complexity index is 1730. The smallest absolute Gasteiger partial charge is 0.427 e. The number of amides is 2. The van der Waals surface area contributed by atoms with E-state index in [0.29, 0.717) is 32.1 Å². The molecule has 2 saturated carbocycles. The number of sulfonamides is 1. The molecular formula is C37H50F3N3O9S. The highest BCUT2D eigenvalue weighted by atomic mass is 32.2. The molecule has 2 amide bonds. The molecule has 5 rings (SSSR count). The average Bonchev–Trinajstić information content (AvgIpc) is 3.94. The summed E-state index contributed by atoms with van der Waals surface area (Å²) in [5.41, 5.74) is -4.16. The molecule has 0 radical (unpaired) electrons. The molecule has 0 aromatic carbocycles. The van der Waals surface area contributed by atoms with Crippen molar-refractivity contribution in [3.8, 4) is 11.8 Å². The van der Waals surface area contributed by atoms with Gasteiger partial charge in [-0.25, -0.2) is 8.42 Å². The van der Waals surface area contributed by atoms with Crippen LogP contribution in [0.2, 0.25) is 0 Å². The van der Waals surface area contributed by atoms with Gasteiger partial charge in [0.05, 0.1) is 42.2 Å². The van der Waals surface area contributed by atoms with Crippen molar-refractivity contribution >= 4 is 33.6 Å². The molecule has 16 heteroatoms. The number of methoxy groups -OCH3 is 1. The van der Waals surface area contributed by atoms with E-state index in [-0.39, 0.29) is 43.5 Å². The molecule has 53 heavy (non-hydrogen) atoms. The molecule has 1 aromatic heterocycles. The lowest BCUT2D eigenvalue weighted by molar-refractivity contribution is -0.257. The van der Waals surface area contributed by atoms with Crippen molar-refractivity contribution in [2.75, 3.05) is 13.7 Å². The fourth-order valence-corrected chi connectivity index (χ4v) is 8.73. The number of fused-ring (bicyclic) bond motifs is 2. The molecule has 294 valence electrons. The molecule has 3 heterocycles. The van der Waals surface area contributed by atoms with Crippen molar-refractivity contribution in [2.45, 2.75) is 121 Å². The van der Waals surface area contributed by atoms with Crippen LogP contribution in [0.4, 0.5) is 13.2 Å². The predicted octanol–water partition coefficient (Wildman–Crippen LogP) is 5.31. The first-order chi connectivity index (χ1) is 24.6. The summed E-state index contributed by atoms with van der Waals surface area (Å²) in [4.78, 5) is 61.6. The molecule has 0 bridgehead atoms. The second-order valence-electron chi connectivity index (χ2n) is 16.1. The normalized spacial score (nSPS) is 31.2. The van der Waals surface area contributed by atoms with E-state index >= 15 is 0 Å². The van der Waals surface area contributed by atoms with E-state index in [4.69, 9.17) is 14.2 Å². The van der Waals surface area contributed by atoms with Gasteiger partial charge in [-0.15, -0.1) is 0 Å². The van der Waals surface area contributed by atoms with Gasteiger partial charge < -0.3 is 19.1 Å². The zero-order chi connectivity index (χ0) is 39.1. The number of esters is 1. The van der Waals surface area contributed by atoms with Crippen molar-refractivity contribution in [3.63, 3.8) is 0 Å². The summed E-state index contributed by atoms with van der Waals surface area (Å²) in [6.45, 7) is 6.64. The first-order valence-electron chi connectivity index (χ1n) is 18.1. The van der Waals surface area contributed by atoms with Crippen LogP contribution < -0.4 is 14.2 Å². The molecule has 2 aliphatic carbocycles. The Morgan fingerprint density at radius 3 is 2.42 bits per heavy atom. The molecule has 12 nitrogen and oxygen atoms in total. The van der Waals surface area contributed by atoms with Gasteiger partial charge >= 0.3 is 12.1 Å². The Kier molecular flexibility index (Phi) is 11.4. The number of pyridine rings is 1. The Morgan fingerprint density at radius 1 is 1.09 bits per heavy atom. The van der Waals surface area contributed by atoms with E-state index in [2.05, 4.69) is 9.71 Å². The SMILES string of the molecule is COc1cccc(O[C@@H]2C[C@H]3C(=O)C[C@]4(C(=O)NS(=O)(=O)C5(C)CC5)C[C@H]4/C=C\CC[C@@H](C)C[C@@H](C)[C@H](CC(=O)OC(C)(C)C(F)(F)F)C(=O)N3C2)n1. The van der Waals surface area contributed by atoms with Gasteiger partial charge in [0.2, 0.25) is 39.2 Å². The summed E-state index contributed by atoms with van der Waals surface area (Å²) in [5.74, 6) is -4.70. The van der Waals surface area contributed by atoms with Crippen molar-refractivity contribution < 1.29 is 55.0 Å². The average molecular weight is 770 g/mol. The summed E-state index contributed by atoms with van der Waals surface area (Å²) in [6, 6.07) is 3.69. The fraction of sp³-hybridized carbons (Fsp3) is 0.703. The third-order valence-corrected chi connectivity index (χ3v) is 13.6. The minimum absolute atomic E-state index is 0.0128. The summed E-state index contributed by atoms with van der Waals surface area (Å²) in [6.07, 6.45) is -0.126. The summed E-state index contributed by atoms with van der Waals surface area (Å²) >= 11 is 0. The predicted molar refractivity (Wildman–Crippen MR) is 186 cm³/mol. The summed E-state index contributed by atoms with van der Waals surface area (Å²) in [7, 11) is -2.58. The minimum Gasteiger partial charge on any atom is -0.481 e. The molecule has 1 saturated heterocycles. The largest absolute Gasteiger partial charge is 0.481 e. The van der Waals surface area contributed by atoms with Gasteiger partial charge in [-0.2, -0.15) is 18.2 Å². The molecule has 2 aliphatic heterocycles. The highest BCUT2D eigenvalue weighted by Gasteiger charge is 2.63. The van der Waals surface area contributed by atoms with Gasteiger partial charge in [0.15, 0.2) is 5.78 Å². The molecule has 0 unspecified atom stereocenters. The fourth-order valence-electron chi connectivity index (χ4n) is 7.39. The number of Topliss-reactive ketones (excluding diaryl/α,β-unsaturated/α-hetero) is 1. The van der Waals surface area contributed by atoms with Crippen molar-refractivity contribution in [3.05, 3.63) is 30.4 Å². The molecular weight excluding hydrogens is 719 g/mol. The Balaban J connectivity index is 1.49. The Labute approximate surface area is 308 Å². The minimum atomic E-state index is -4.86. The maximum Gasteiger partial charge on any atom is 0.427 e. The molecule has 1 N–H and O–H groups in total. The standard InChI is InChI=1S/C37H50F3N3O9S/c1-22-10-7-8-11-24-19-36(24,33(47)42-53(48,49)35(5)14-15-35)20-28(44)27-17-25(51-30-13-9-12-29(41-30)50-6)21-43(27)32(46)26(23(2)16-22)18-31(45)52-34(3,4)37(38,39)40/h8-9,11-13,22-27H,7,10,14-21H2,1-6H3,(H,42,47)/b11-8-/t22-,23-,24-,25-,26+,27+,36-/m1/s1. The number of allylic oxidation sites excluding steroid dienone is 2. The van der Waals surface area contributed by atoms with Crippen molar-refractivity contribution in [2.24, 2.45) is 29.1 Å². The number of aromatic nitrogens is 1. The third kappa shape index (κ3) is 8.83. The number of carbonyl (C=O) groups excluding carboxylic acids is 4. The summed E-state index contributed by atoms with van der Waals surface area (Å²) < 4.78 is 84.6. The quantitative estimate of drug-likeness (QED) is 0.258. The number of ether oxygens (including phenoxy) is 3. The van der Waals surface area contributed by atoms with Gasteiger partial charge in [0, 0.05) is 25.0 Å². The zero-order valence-corrected chi connectivity index (χ0v) is 31.8. The molecule has 0 spiro atoms. The number of rotatable bonds is 9. The van der Waals surface area contributed by atoms with Gasteiger partial charge in [-0.1, -0.05) is 32.1 Å². The van der Waals surface area contributed by atoms with E-state index in [9.17, 15) is 40.8 Å². The highest BCUT2D eigenvalue weighted by Crippen LogP contribution is 2.57. The Morgan fingerprint density at radius 2 is 1.77 bits per heavy atom. The van der Waals surface area contributed by atoms with Crippen LogP contribution in [0.25, 0.3) is 0 Å². The van der Waals surface area contributed by atoms with E-state index in [1.165, 1.54) is 12.0 Å². The number of halogens is 3.